The zero-order valence-corrected chi connectivity index (χ0v) is 17.3. The molecule has 27 heavy (non-hydrogen) atoms. The molecule has 0 saturated heterocycles. The Labute approximate surface area is 163 Å². The first kappa shape index (κ1) is 19.0. The number of rotatable bonds is 2. The van der Waals surface area contributed by atoms with Crippen LogP contribution in [0.1, 0.15) is 79.1 Å². The summed E-state index contributed by atoms with van der Waals surface area (Å²) in [6.45, 7) is 8.08. The molecule has 3 saturated carbocycles. The highest BCUT2D eigenvalue weighted by molar-refractivity contribution is 5.73. The Kier molecular flexibility index (Phi) is 4.67. The summed E-state index contributed by atoms with van der Waals surface area (Å²) in [5.74, 6) is 2.16. The highest BCUT2D eigenvalue weighted by Crippen LogP contribution is 2.64. The molecule has 7 atom stereocenters. The minimum Gasteiger partial charge on any atom is -0.462 e. The van der Waals surface area contributed by atoms with Crippen LogP contribution in [0.3, 0.4) is 0 Å². The molecule has 0 heterocycles. The number of allylic oxidation sites excluding steroid dienone is 1. The van der Waals surface area contributed by atoms with E-state index in [-0.39, 0.29) is 28.8 Å². The maximum atomic E-state index is 11.7. The molecule has 4 heteroatoms. The zero-order chi connectivity index (χ0) is 19.4. The van der Waals surface area contributed by atoms with E-state index in [1.807, 2.05) is 0 Å². The molecule has 4 rings (SSSR count). The molecule has 1 N–H and O–H groups in total. The topological polar surface area (TPSA) is 55.4 Å². The Hall–Kier alpha value is -1.32. The molecular formula is C23H35NO3. The second-order valence-electron chi connectivity index (χ2n) is 10.1. The molecule has 0 radical (unpaired) electrons. The number of hydrogen-bond donors (Lipinski definition) is 1. The minimum atomic E-state index is -0.152. The van der Waals surface area contributed by atoms with Crippen LogP contribution >= 0.6 is 0 Å². The average Bonchev–Trinajstić information content (AvgIpc) is 2.91. The summed E-state index contributed by atoms with van der Waals surface area (Å²) in [7, 11) is 0. The molecule has 4 aliphatic rings. The SMILES string of the molecule is CC(=O)N[C@H]1CC[C@@H]2[C@H]3CC=C4C[C@@H](OC(C)=O)CC[C@]4(C)[C@@H]3CC[C@]12C. The molecule has 0 aromatic carbocycles. The van der Waals surface area contributed by atoms with Crippen molar-refractivity contribution in [1.82, 2.24) is 5.32 Å². The summed E-state index contributed by atoms with van der Waals surface area (Å²) in [5, 5.41) is 3.26. The van der Waals surface area contributed by atoms with Crippen LogP contribution in [0, 0.1) is 28.6 Å². The van der Waals surface area contributed by atoms with E-state index in [0.29, 0.717) is 12.0 Å². The minimum absolute atomic E-state index is 0.0721. The van der Waals surface area contributed by atoms with Gasteiger partial charge in [0, 0.05) is 26.3 Å². The lowest BCUT2D eigenvalue weighted by molar-refractivity contribution is -0.148. The maximum Gasteiger partial charge on any atom is 0.302 e. The highest BCUT2D eigenvalue weighted by Gasteiger charge is 2.58. The van der Waals surface area contributed by atoms with Crippen LogP contribution in [0.2, 0.25) is 0 Å². The zero-order valence-electron chi connectivity index (χ0n) is 17.3. The van der Waals surface area contributed by atoms with E-state index in [2.05, 4.69) is 25.2 Å². The van der Waals surface area contributed by atoms with Crippen LogP contribution in [0.15, 0.2) is 11.6 Å². The summed E-state index contributed by atoms with van der Waals surface area (Å²) in [5.41, 5.74) is 2.07. The number of carbonyl (C=O) groups excluding carboxylic acids is 2. The molecule has 0 aromatic rings. The first-order chi connectivity index (χ1) is 12.7. The number of ether oxygens (including phenoxy) is 1. The number of fused-ring (bicyclic) bond motifs is 5. The maximum absolute atomic E-state index is 11.7. The standard InChI is InChI=1S/C23H35NO3/c1-14(25)24-21-8-7-19-18-6-5-16-13-17(27-15(2)26)9-11-22(16,3)20(18)10-12-23(19,21)4/h5,17-21H,6-13H2,1-4H3,(H,24,25)/t17-,18+,19+,20+,21-,22-,23-/m0/s1. The first-order valence-corrected chi connectivity index (χ1v) is 10.9. The first-order valence-electron chi connectivity index (χ1n) is 10.9. The molecule has 0 aromatic heterocycles. The van der Waals surface area contributed by atoms with Crippen molar-refractivity contribution in [3.8, 4) is 0 Å². The molecule has 0 bridgehead atoms. The average molecular weight is 374 g/mol. The third-order valence-corrected chi connectivity index (χ3v) is 8.77. The number of hydrogen-bond acceptors (Lipinski definition) is 3. The van der Waals surface area contributed by atoms with Gasteiger partial charge in [-0.2, -0.15) is 0 Å². The van der Waals surface area contributed by atoms with Crippen molar-refractivity contribution in [3.63, 3.8) is 0 Å². The van der Waals surface area contributed by atoms with Gasteiger partial charge in [-0.3, -0.25) is 9.59 Å². The van der Waals surface area contributed by atoms with Crippen LogP contribution < -0.4 is 5.32 Å². The van der Waals surface area contributed by atoms with E-state index >= 15 is 0 Å². The lowest BCUT2D eigenvalue weighted by atomic mass is 9.48. The van der Waals surface area contributed by atoms with Crippen molar-refractivity contribution in [1.29, 1.82) is 0 Å². The normalized spacial score (nSPS) is 45.8. The predicted molar refractivity (Wildman–Crippen MR) is 105 cm³/mol. The molecule has 0 unspecified atom stereocenters. The molecule has 150 valence electrons. The van der Waals surface area contributed by atoms with Gasteiger partial charge in [-0.1, -0.05) is 25.5 Å². The van der Waals surface area contributed by atoms with Crippen LogP contribution in [-0.4, -0.2) is 24.0 Å². The number of carbonyl (C=O) groups is 2. The molecule has 4 nitrogen and oxygen atoms in total. The molecular weight excluding hydrogens is 338 g/mol. The van der Waals surface area contributed by atoms with Crippen LogP contribution in [0.5, 0.6) is 0 Å². The Morgan fingerprint density at radius 1 is 1.07 bits per heavy atom. The summed E-state index contributed by atoms with van der Waals surface area (Å²) in [6.07, 6.45) is 11.6. The van der Waals surface area contributed by atoms with E-state index < -0.39 is 0 Å². The number of amides is 1. The summed E-state index contributed by atoms with van der Waals surface area (Å²) in [4.78, 5) is 23.1. The molecule has 1 amide bonds. The van der Waals surface area contributed by atoms with Gasteiger partial charge in [0.15, 0.2) is 0 Å². The van der Waals surface area contributed by atoms with Gasteiger partial charge in [0.2, 0.25) is 5.91 Å². The fraction of sp³-hybridized carbons (Fsp3) is 0.826. The quantitative estimate of drug-likeness (QED) is 0.577. The van der Waals surface area contributed by atoms with Gasteiger partial charge >= 0.3 is 5.97 Å². The van der Waals surface area contributed by atoms with Crippen molar-refractivity contribution in [2.45, 2.75) is 91.2 Å². The van der Waals surface area contributed by atoms with Gasteiger partial charge in [0.25, 0.3) is 0 Å². The van der Waals surface area contributed by atoms with Crippen molar-refractivity contribution >= 4 is 11.9 Å². The second-order valence-corrected chi connectivity index (χ2v) is 10.1. The molecule has 4 aliphatic carbocycles. The summed E-state index contributed by atoms with van der Waals surface area (Å²) >= 11 is 0. The van der Waals surface area contributed by atoms with Crippen molar-refractivity contribution < 1.29 is 14.3 Å². The van der Waals surface area contributed by atoms with Crippen molar-refractivity contribution in [3.05, 3.63) is 11.6 Å². The van der Waals surface area contributed by atoms with Crippen LogP contribution in [-0.2, 0) is 14.3 Å². The van der Waals surface area contributed by atoms with Crippen molar-refractivity contribution in [2.24, 2.45) is 28.6 Å². The van der Waals surface area contributed by atoms with Crippen molar-refractivity contribution in [2.75, 3.05) is 0 Å². The predicted octanol–water partition coefficient (Wildman–Crippen LogP) is 4.39. The Balaban J connectivity index is 1.55. The summed E-state index contributed by atoms with van der Waals surface area (Å²) < 4.78 is 5.54. The Morgan fingerprint density at radius 2 is 1.85 bits per heavy atom. The summed E-state index contributed by atoms with van der Waals surface area (Å²) in [6, 6.07) is 0.346. The Bertz CT molecular complexity index is 671. The Morgan fingerprint density at radius 3 is 2.56 bits per heavy atom. The van der Waals surface area contributed by atoms with Gasteiger partial charge in [0.05, 0.1) is 0 Å². The second kappa shape index (κ2) is 6.63. The fourth-order valence-corrected chi connectivity index (χ4v) is 7.45. The fourth-order valence-electron chi connectivity index (χ4n) is 7.45. The van der Waals surface area contributed by atoms with Gasteiger partial charge in [-0.05, 0) is 73.5 Å². The highest BCUT2D eigenvalue weighted by atomic mass is 16.5. The van der Waals surface area contributed by atoms with E-state index in [0.717, 1.165) is 43.9 Å². The largest absolute Gasteiger partial charge is 0.462 e. The number of esters is 1. The van der Waals surface area contributed by atoms with Crippen LogP contribution in [0.25, 0.3) is 0 Å². The molecule has 0 spiro atoms. The van der Waals surface area contributed by atoms with E-state index in [1.165, 1.54) is 26.2 Å². The molecule has 0 aliphatic heterocycles. The van der Waals surface area contributed by atoms with E-state index in [9.17, 15) is 9.59 Å². The van der Waals surface area contributed by atoms with Gasteiger partial charge in [0.1, 0.15) is 6.10 Å². The third-order valence-electron chi connectivity index (χ3n) is 8.77. The lowest BCUT2D eigenvalue weighted by Crippen LogP contribution is -2.53. The third kappa shape index (κ3) is 3.03. The van der Waals surface area contributed by atoms with E-state index in [1.54, 1.807) is 12.5 Å². The lowest BCUT2D eigenvalue weighted by Gasteiger charge is -2.58. The van der Waals surface area contributed by atoms with Gasteiger partial charge in [-0.25, -0.2) is 0 Å². The number of nitrogens with one attached hydrogen (secondary N) is 1. The monoisotopic (exact) mass is 373 g/mol. The molecule has 3 fully saturated rings. The van der Waals surface area contributed by atoms with Gasteiger partial charge in [-0.15, -0.1) is 0 Å². The van der Waals surface area contributed by atoms with Gasteiger partial charge < -0.3 is 10.1 Å². The smallest absolute Gasteiger partial charge is 0.302 e. The van der Waals surface area contributed by atoms with Crippen LogP contribution in [0.4, 0.5) is 0 Å². The van der Waals surface area contributed by atoms with E-state index in [4.69, 9.17) is 4.74 Å².